The molecule has 0 atom stereocenters. The Hall–Kier alpha value is -2.78. The topological polar surface area (TPSA) is 108 Å². The number of hydrogen-bond donors (Lipinski definition) is 2. The molecule has 0 radical (unpaired) electrons. The lowest BCUT2D eigenvalue weighted by atomic mass is 10.1. The van der Waals surface area contributed by atoms with E-state index < -0.39 is 10.0 Å². The Balaban J connectivity index is 1.54. The Morgan fingerprint density at radius 1 is 1.29 bits per heavy atom. The summed E-state index contributed by atoms with van der Waals surface area (Å²) in [5.74, 6) is -0.195. The van der Waals surface area contributed by atoms with Crippen LogP contribution in [0.2, 0.25) is 0 Å². The Kier molecular flexibility index (Phi) is 6.05. The largest absolute Gasteiger partial charge is 0.326 e. The molecule has 1 fully saturated rings. The first-order valence-electron chi connectivity index (χ1n) is 8.97. The lowest BCUT2D eigenvalue weighted by molar-refractivity contribution is -0.117. The van der Waals surface area contributed by atoms with Crippen LogP contribution in [0.25, 0.3) is 0 Å². The van der Waals surface area contributed by atoms with Crippen molar-refractivity contribution in [2.75, 3.05) is 23.3 Å². The maximum Gasteiger partial charge on any atom is 0.242 e. The van der Waals surface area contributed by atoms with Crippen molar-refractivity contribution in [3.63, 3.8) is 0 Å². The minimum absolute atomic E-state index is 0.00903. The number of sulfonamides is 1. The van der Waals surface area contributed by atoms with Crippen LogP contribution in [0, 0.1) is 6.92 Å². The van der Waals surface area contributed by atoms with Crippen LogP contribution < -0.4 is 14.9 Å². The summed E-state index contributed by atoms with van der Waals surface area (Å²) in [5.41, 5.74) is 2.35. The number of rotatable bonds is 7. The average Bonchev–Trinajstić information content (AvgIpc) is 3.08. The number of nitrogens with one attached hydrogen (secondary N) is 2. The number of anilines is 2. The second kappa shape index (κ2) is 8.49. The normalized spacial score (nSPS) is 14.3. The molecule has 1 aliphatic rings. The van der Waals surface area contributed by atoms with Crippen molar-refractivity contribution >= 4 is 33.2 Å². The summed E-state index contributed by atoms with van der Waals surface area (Å²) in [6.07, 6.45) is 4.14. The summed E-state index contributed by atoms with van der Waals surface area (Å²) in [4.78, 5) is 29.6. The number of hydrogen-bond acceptors (Lipinski definition) is 5. The highest BCUT2D eigenvalue weighted by atomic mass is 32.2. The van der Waals surface area contributed by atoms with E-state index >= 15 is 0 Å². The first-order chi connectivity index (χ1) is 13.4. The van der Waals surface area contributed by atoms with Crippen molar-refractivity contribution in [1.82, 2.24) is 9.71 Å². The fraction of sp³-hybridized carbons (Fsp3) is 0.316. The van der Waals surface area contributed by atoms with Gasteiger partial charge in [-0.1, -0.05) is 0 Å². The highest BCUT2D eigenvalue weighted by molar-refractivity contribution is 7.89. The van der Waals surface area contributed by atoms with Gasteiger partial charge < -0.3 is 10.2 Å². The van der Waals surface area contributed by atoms with Gasteiger partial charge in [-0.05, 0) is 49.2 Å². The van der Waals surface area contributed by atoms with E-state index in [4.69, 9.17) is 0 Å². The predicted octanol–water partition coefficient (Wildman–Crippen LogP) is 1.82. The molecule has 1 aromatic heterocycles. The SMILES string of the molecule is Cc1cc(NC(=O)CCNS(=O)(=O)c2cccnc2)ccc1N1CCCC1=O. The zero-order chi connectivity index (χ0) is 20.1. The van der Waals surface area contributed by atoms with Gasteiger partial charge in [-0.25, -0.2) is 13.1 Å². The molecule has 9 heteroatoms. The molecule has 1 saturated heterocycles. The molecule has 0 bridgehead atoms. The van der Waals surface area contributed by atoms with E-state index in [1.165, 1.54) is 24.5 Å². The molecular weight excluding hydrogens is 380 g/mol. The molecule has 8 nitrogen and oxygen atoms in total. The molecular formula is C19H22N4O4S. The number of pyridine rings is 1. The Labute approximate surface area is 164 Å². The Morgan fingerprint density at radius 2 is 2.11 bits per heavy atom. The first-order valence-corrected chi connectivity index (χ1v) is 10.5. The van der Waals surface area contributed by atoms with E-state index in [2.05, 4.69) is 15.0 Å². The molecule has 2 aromatic rings. The predicted molar refractivity (Wildman–Crippen MR) is 105 cm³/mol. The first kappa shape index (κ1) is 20.0. The molecule has 148 valence electrons. The van der Waals surface area contributed by atoms with Crippen LogP contribution in [0.4, 0.5) is 11.4 Å². The van der Waals surface area contributed by atoms with E-state index in [9.17, 15) is 18.0 Å². The minimum atomic E-state index is -3.69. The molecule has 28 heavy (non-hydrogen) atoms. The number of aromatic nitrogens is 1. The molecule has 1 aliphatic heterocycles. The summed E-state index contributed by atoms with van der Waals surface area (Å²) in [6.45, 7) is 2.57. The number of carbonyl (C=O) groups excluding carboxylic acids is 2. The van der Waals surface area contributed by atoms with Gasteiger partial charge in [0, 0.05) is 49.7 Å². The third-order valence-corrected chi connectivity index (χ3v) is 5.88. The Morgan fingerprint density at radius 3 is 2.75 bits per heavy atom. The van der Waals surface area contributed by atoms with E-state index in [0.29, 0.717) is 18.7 Å². The Bertz CT molecular complexity index is 977. The molecule has 0 aliphatic carbocycles. The number of aryl methyl sites for hydroxylation is 1. The highest BCUT2D eigenvalue weighted by Gasteiger charge is 2.23. The molecule has 0 spiro atoms. The van der Waals surface area contributed by atoms with Gasteiger partial charge in [-0.2, -0.15) is 0 Å². The summed E-state index contributed by atoms with van der Waals surface area (Å²) in [5, 5.41) is 2.75. The van der Waals surface area contributed by atoms with Crippen molar-refractivity contribution in [1.29, 1.82) is 0 Å². The third kappa shape index (κ3) is 4.73. The van der Waals surface area contributed by atoms with Gasteiger partial charge in [0.05, 0.1) is 0 Å². The van der Waals surface area contributed by atoms with Crippen molar-refractivity contribution in [2.24, 2.45) is 0 Å². The second-order valence-corrected chi connectivity index (χ2v) is 8.30. The molecule has 2 N–H and O–H groups in total. The smallest absolute Gasteiger partial charge is 0.242 e. The van der Waals surface area contributed by atoms with Crippen LogP contribution >= 0.6 is 0 Å². The average molecular weight is 402 g/mol. The van der Waals surface area contributed by atoms with Crippen LogP contribution in [-0.2, 0) is 19.6 Å². The highest BCUT2D eigenvalue weighted by Crippen LogP contribution is 2.27. The number of carbonyl (C=O) groups is 2. The van der Waals surface area contributed by atoms with Crippen molar-refractivity contribution < 1.29 is 18.0 Å². The quantitative estimate of drug-likeness (QED) is 0.734. The van der Waals surface area contributed by atoms with Crippen LogP contribution in [0.5, 0.6) is 0 Å². The minimum Gasteiger partial charge on any atom is -0.326 e. The van der Waals surface area contributed by atoms with E-state index in [1.54, 1.807) is 17.0 Å². The van der Waals surface area contributed by atoms with Crippen molar-refractivity contribution in [2.45, 2.75) is 31.1 Å². The molecule has 0 saturated carbocycles. The summed E-state index contributed by atoms with van der Waals surface area (Å²) < 4.78 is 26.6. The van der Waals surface area contributed by atoms with E-state index in [-0.39, 0.29) is 29.7 Å². The van der Waals surface area contributed by atoms with Crippen LogP contribution in [0.15, 0.2) is 47.6 Å². The van der Waals surface area contributed by atoms with Gasteiger partial charge in [-0.15, -0.1) is 0 Å². The van der Waals surface area contributed by atoms with E-state index in [0.717, 1.165) is 17.7 Å². The third-order valence-electron chi connectivity index (χ3n) is 4.43. The van der Waals surface area contributed by atoms with Gasteiger partial charge >= 0.3 is 0 Å². The molecule has 0 unspecified atom stereocenters. The lowest BCUT2D eigenvalue weighted by Crippen LogP contribution is -2.28. The van der Waals surface area contributed by atoms with Crippen LogP contribution in [0.1, 0.15) is 24.8 Å². The monoisotopic (exact) mass is 402 g/mol. The fourth-order valence-corrected chi connectivity index (χ4v) is 4.05. The van der Waals surface area contributed by atoms with Crippen molar-refractivity contribution in [3.05, 3.63) is 48.3 Å². The summed E-state index contributed by atoms with van der Waals surface area (Å²) in [6, 6.07) is 8.33. The molecule has 2 heterocycles. The maximum absolute atomic E-state index is 12.1. The van der Waals surface area contributed by atoms with Gasteiger partial charge in [0.15, 0.2) is 0 Å². The van der Waals surface area contributed by atoms with Gasteiger partial charge in [0.2, 0.25) is 21.8 Å². The van der Waals surface area contributed by atoms with E-state index in [1.807, 2.05) is 13.0 Å². The van der Waals surface area contributed by atoms with Gasteiger partial charge in [0.25, 0.3) is 0 Å². The molecule has 2 amide bonds. The molecule has 1 aromatic carbocycles. The number of amides is 2. The van der Waals surface area contributed by atoms with Crippen LogP contribution in [-0.4, -0.2) is 38.3 Å². The maximum atomic E-state index is 12.1. The number of benzene rings is 1. The van der Waals surface area contributed by atoms with Gasteiger partial charge in [0.1, 0.15) is 4.90 Å². The molecule has 3 rings (SSSR count). The summed E-state index contributed by atoms with van der Waals surface area (Å²) in [7, 11) is -3.69. The number of nitrogens with zero attached hydrogens (tertiary/aromatic N) is 2. The van der Waals surface area contributed by atoms with Crippen molar-refractivity contribution in [3.8, 4) is 0 Å². The fourth-order valence-electron chi connectivity index (χ4n) is 3.05. The lowest BCUT2D eigenvalue weighted by Gasteiger charge is -2.19. The summed E-state index contributed by atoms with van der Waals surface area (Å²) >= 11 is 0. The zero-order valence-corrected chi connectivity index (χ0v) is 16.3. The second-order valence-electron chi connectivity index (χ2n) is 6.53. The zero-order valence-electron chi connectivity index (χ0n) is 15.5. The standard InChI is InChI=1S/C19H22N4O4S/c1-14-12-15(6-7-17(14)23-11-3-5-19(23)25)22-18(24)8-10-21-28(26,27)16-4-2-9-20-13-16/h2,4,6-7,9,12-13,21H,3,5,8,10-11H2,1H3,(H,22,24). The van der Waals surface area contributed by atoms with Crippen LogP contribution in [0.3, 0.4) is 0 Å². The van der Waals surface area contributed by atoms with Gasteiger partial charge in [-0.3, -0.25) is 14.6 Å².